The van der Waals surface area contributed by atoms with Crippen molar-refractivity contribution in [3.8, 4) is 0 Å². The summed E-state index contributed by atoms with van der Waals surface area (Å²) < 4.78 is 0. The lowest BCUT2D eigenvalue weighted by atomic mass is 10.1. The highest BCUT2D eigenvalue weighted by Crippen LogP contribution is 2.11. The number of carbonyl (C=O) groups is 2. The highest BCUT2D eigenvalue weighted by Gasteiger charge is 2.23. The summed E-state index contributed by atoms with van der Waals surface area (Å²) in [5.74, 6) is 0.111. The van der Waals surface area contributed by atoms with Crippen LogP contribution >= 0.6 is 0 Å². The molecule has 3 amide bonds. The number of nitrogens with one attached hydrogen (secondary N) is 2. The van der Waals surface area contributed by atoms with Gasteiger partial charge in [0, 0.05) is 52.7 Å². The fourth-order valence-corrected chi connectivity index (χ4v) is 2.30. The fraction of sp³-hybridized carbons (Fsp3) is 0.857. The summed E-state index contributed by atoms with van der Waals surface area (Å²) in [6.45, 7) is 5.08. The molecule has 0 spiro atoms. The zero-order valence-corrected chi connectivity index (χ0v) is 12.9. The van der Waals surface area contributed by atoms with E-state index in [1.54, 1.807) is 19.0 Å². The van der Waals surface area contributed by atoms with Crippen LogP contribution < -0.4 is 10.6 Å². The Balaban J connectivity index is 2.13. The summed E-state index contributed by atoms with van der Waals surface area (Å²) in [5, 5.41) is 6.27. The second-order valence-electron chi connectivity index (χ2n) is 5.49. The number of hydrogen-bond donors (Lipinski definition) is 2. The molecule has 0 unspecified atom stereocenters. The van der Waals surface area contributed by atoms with Crippen LogP contribution in [0.3, 0.4) is 0 Å². The Hall–Kier alpha value is -1.30. The standard InChI is InChI=1S/C14H28N4O2/c1-4-8-16-13(19)5-9-15-12-6-10-18(11-7-12)14(20)17(2)3/h12,15H,4-11H2,1-3H3,(H,16,19). The maximum absolute atomic E-state index is 11.8. The van der Waals surface area contributed by atoms with Crippen LogP contribution in [0.4, 0.5) is 4.79 Å². The predicted octanol–water partition coefficient (Wildman–Crippen LogP) is 0.638. The van der Waals surface area contributed by atoms with Gasteiger partial charge in [0.1, 0.15) is 0 Å². The van der Waals surface area contributed by atoms with Crippen molar-refractivity contribution in [3.05, 3.63) is 0 Å². The summed E-state index contributed by atoms with van der Waals surface area (Å²) >= 11 is 0. The van der Waals surface area contributed by atoms with Crippen LogP contribution in [0.15, 0.2) is 0 Å². The molecular weight excluding hydrogens is 256 g/mol. The number of likely N-dealkylation sites (tertiary alicyclic amines) is 1. The maximum Gasteiger partial charge on any atom is 0.319 e. The van der Waals surface area contributed by atoms with Crippen LogP contribution in [0.25, 0.3) is 0 Å². The SMILES string of the molecule is CCCNC(=O)CCNC1CCN(C(=O)N(C)C)CC1. The van der Waals surface area contributed by atoms with E-state index in [2.05, 4.69) is 10.6 Å². The van der Waals surface area contributed by atoms with Gasteiger partial charge in [-0.3, -0.25) is 4.79 Å². The van der Waals surface area contributed by atoms with Crippen molar-refractivity contribution in [1.82, 2.24) is 20.4 Å². The zero-order chi connectivity index (χ0) is 15.0. The van der Waals surface area contributed by atoms with Gasteiger partial charge in [-0.1, -0.05) is 6.92 Å². The minimum atomic E-state index is 0.0855. The van der Waals surface area contributed by atoms with Gasteiger partial charge >= 0.3 is 6.03 Å². The van der Waals surface area contributed by atoms with Crippen molar-refractivity contribution in [3.63, 3.8) is 0 Å². The third-order valence-corrected chi connectivity index (χ3v) is 3.51. The number of rotatable bonds is 6. The molecule has 2 N–H and O–H groups in total. The van der Waals surface area contributed by atoms with E-state index in [9.17, 15) is 9.59 Å². The third kappa shape index (κ3) is 5.77. The first-order valence-corrected chi connectivity index (χ1v) is 7.51. The average Bonchev–Trinajstić information content (AvgIpc) is 2.45. The maximum atomic E-state index is 11.8. The van der Waals surface area contributed by atoms with Crippen molar-refractivity contribution in [2.24, 2.45) is 0 Å². The molecule has 1 rings (SSSR count). The lowest BCUT2D eigenvalue weighted by Gasteiger charge is -2.34. The molecule has 0 atom stereocenters. The van der Waals surface area contributed by atoms with Gasteiger partial charge in [0.2, 0.25) is 5.91 Å². The smallest absolute Gasteiger partial charge is 0.319 e. The molecule has 116 valence electrons. The lowest BCUT2D eigenvalue weighted by molar-refractivity contribution is -0.121. The van der Waals surface area contributed by atoms with Gasteiger partial charge in [-0.25, -0.2) is 4.79 Å². The van der Waals surface area contributed by atoms with E-state index in [-0.39, 0.29) is 11.9 Å². The second-order valence-corrected chi connectivity index (χ2v) is 5.49. The molecule has 20 heavy (non-hydrogen) atoms. The van der Waals surface area contributed by atoms with Crippen LogP contribution in [-0.4, -0.2) is 68.1 Å². The Morgan fingerprint density at radius 1 is 1.20 bits per heavy atom. The van der Waals surface area contributed by atoms with Gasteiger partial charge in [-0.2, -0.15) is 0 Å². The van der Waals surface area contributed by atoms with Gasteiger partial charge in [0.15, 0.2) is 0 Å². The Labute approximate surface area is 121 Å². The molecule has 0 saturated carbocycles. The van der Waals surface area contributed by atoms with Gasteiger partial charge in [-0.05, 0) is 19.3 Å². The van der Waals surface area contributed by atoms with E-state index in [1.807, 2.05) is 11.8 Å². The first kappa shape index (κ1) is 16.8. The van der Waals surface area contributed by atoms with E-state index >= 15 is 0 Å². The molecule has 0 aromatic carbocycles. The zero-order valence-electron chi connectivity index (χ0n) is 12.9. The highest BCUT2D eigenvalue weighted by atomic mass is 16.2. The third-order valence-electron chi connectivity index (χ3n) is 3.51. The first-order chi connectivity index (χ1) is 9.54. The molecule has 6 heteroatoms. The predicted molar refractivity (Wildman–Crippen MR) is 79.6 cm³/mol. The van der Waals surface area contributed by atoms with Crippen LogP contribution in [0.1, 0.15) is 32.6 Å². The minimum absolute atomic E-state index is 0.0855. The van der Waals surface area contributed by atoms with Crippen LogP contribution in [0.2, 0.25) is 0 Å². The topological polar surface area (TPSA) is 64.7 Å². The molecule has 1 fully saturated rings. The number of amides is 3. The Kier molecular flexibility index (Phi) is 7.36. The van der Waals surface area contributed by atoms with E-state index in [4.69, 9.17) is 0 Å². The number of nitrogens with zero attached hydrogens (tertiary/aromatic N) is 2. The average molecular weight is 284 g/mol. The monoisotopic (exact) mass is 284 g/mol. The van der Waals surface area contributed by atoms with Crippen molar-refractivity contribution in [1.29, 1.82) is 0 Å². The minimum Gasteiger partial charge on any atom is -0.356 e. The van der Waals surface area contributed by atoms with E-state index in [0.717, 1.165) is 38.9 Å². The fourth-order valence-electron chi connectivity index (χ4n) is 2.30. The normalized spacial score (nSPS) is 16.1. The molecule has 0 radical (unpaired) electrons. The molecule has 1 aliphatic rings. The molecule has 0 bridgehead atoms. The molecular formula is C14H28N4O2. The second kappa shape index (κ2) is 8.79. The van der Waals surface area contributed by atoms with E-state index in [1.165, 1.54) is 0 Å². The first-order valence-electron chi connectivity index (χ1n) is 7.51. The number of hydrogen-bond acceptors (Lipinski definition) is 3. The number of carbonyl (C=O) groups excluding carboxylic acids is 2. The number of piperidine rings is 1. The largest absolute Gasteiger partial charge is 0.356 e. The van der Waals surface area contributed by atoms with Gasteiger partial charge in [0.05, 0.1) is 0 Å². The Bertz CT molecular complexity index is 312. The molecule has 6 nitrogen and oxygen atoms in total. The lowest BCUT2D eigenvalue weighted by Crippen LogP contribution is -2.48. The highest BCUT2D eigenvalue weighted by molar-refractivity contribution is 5.76. The van der Waals surface area contributed by atoms with Crippen molar-refractivity contribution >= 4 is 11.9 Å². The summed E-state index contributed by atoms with van der Waals surface area (Å²) in [6, 6.07) is 0.502. The molecule has 0 aromatic heterocycles. The van der Waals surface area contributed by atoms with E-state index in [0.29, 0.717) is 19.0 Å². The van der Waals surface area contributed by atoms with E-state index < -0.39 is 0 Å². The molecule has 0 aliphatic carbocycles. The van der Waals surface area contributed by atoms with Crippen LogP contribution in [-0.2, 0) is 4.79 Å². The number of urea groups is 1. The van der Waals surface area contributed by atoms with Crippen LogP contribution in [0, 0.1) is 0 Å². The van der Waals surface area contributed by atoms with Gasteiger partial charge in [0.25, 0.3) is 0 Å². The van der Waals surface area contributed by atoms with Gasteiger partial charge < -0.3 is 20.4 Å². The molecule has 1 aliphatic heterocycles. The molecule has 1 heterocycles. The summed E-state index contributed by atoms with van der Waals surface area (Å²) in [4.78, 5) is 26.7. The Morgan fingerprint density at radius 3 is 2.40 bits per heavy atom. The summed E-state index contributed by atoms with van der Waals surface area (Å²) in [6.07, 6.45) is 3.40. The molecule has 1 saturated heterocycles. The van der Waals surface area contributed by atoms with Gasteiger partial charge in [-0.15, -0.1) is 0 Å². The molecule has 0 aromatic rings. The summed E-state index contributed by atoms with van der Waals surface area (Å²) in [7, 11) is 3.56. The van der Waals surface area contributed by atoms with Crippen molar-refractivity contribution in [2.45, 2.75) is 38.6 Å². The Morgan fingerprint density at radius 2 is 1.85 bits per heavy atom. The summed E-state index contributed by atoms with van der Waals surface area (Å²) in [5.41, 5.74) is 0. The van der Waals surface area contributed by atoms with Crippen molar-refractivity contribution < 1.29 is 9.59 Å². The quantitative estimate of drug-likeness (QED) is 0.752. The van der Waals surface area contributed by atoms with Crippen molar-refractivity contribution in [2.75, 3.05) is 40.3 Å². The van der Waals surface area contributed by atoms with Crippen LogP contribution in [0.5, 0.6) is 0 Å².